The van der Waals surface area contributed by atoms with E-state index in [0.717, 1.165) is 38.8 Å². The van der Waals surface area contributed by atoms with Crippen LogP contribution in [0, 0.1) is 3.57 Å². The van der Waals surface area contributed by atoms with E-state index >= 15 is 0 Å². The molecule has 0 aliphatic carbocycles. The van der Waals surface area contributed by atoms with E-state index in [-0.39, 0.29) is 0 Å². The molecule has 0 N–H and O–H groups in total. The second kappa shape index (κ2) is 6.82. The van der Waals surface area contributed by atoms with E-state index in [0.29, 0.717) is 11.6 Å². The molecule has 0 aliphatic rings. The lowest BCUT2D eigenvalue weighted by atomic mass is 10.2. The van der Waals surface area contributed by atoms with Gasteiger partial charge < -0.3 is 4.74 Å². The third-order valence-electron chi connectivity index (χ3n) is 2.55. The Balaban J connectivity index is 2.31. The fourth-order valence-electron chi connectivity index (χ4n) is 1.67. The highest BCUT2D eigenvalue weighted by Crippen LogP contribution is 2.34. The van der Waals surface area contributed by atoms with Gasteiger partial charge in [0.25, 0.3) is 0 Å². The summed E-state index contributed by atoms with van der Waals surface area (Å²) in [5.74, 6) is 1.72. The highest BCUT2D eigenvalue weighted by Gasteiger charge is 2.11. The van der Waals surface area contributed by atoms with Crippen LogP contribution in [0.15, 0.2) is 24.4 Å². The maximum absolute atomic E-state index is 6.21. The standard InChI is InChI=1S/C13H13ClINOS/c14-10-8-11(15)13(17-6-1-2-7-18)12-9(10)4-3-5-16-12/h3-5,8,18H,1-2,6-7H2. The highest BCUT2D eigenvalue weighted by molar-refractivity contribution is 14.1. The molecular weight excluding hydrogens is 381 g/mol. The molecule has 0 amide bonds. The van der Waals surface area contributed by atoms with Gasteiger partial charge in [-0.3, -0.25) is 4.98 Å². The van der Waals surface area contributed by atoms with Gasteiger partial charge in [-0.1, -0.05) is 11.6 Å². The Morgan fingerprint density at radius 3 is 3.00 bits per heavy atom. The number of halogens is 2. The Bertz CT molecular complexity index is 550. The van der Waals surface area contributed by atoms with Crippen molar-refractivity contribution in [1.82, 2.24) is 4.98 Å². The predicted octanol–water partition coefficient (Wildman–Crippen LogP) is 4.58. The van der Waals surface area contributed by atoms with Crippen LogP contribution in [0.1, 0.15) is 12.8 Å². The van der Waals surface area contributed by atoms with Crippen molar-refractivity contribution < 1.29 is 4.74 Å². The zero-order valence-electron chi connectivity index (χ0n) is 9.70. The van der Waals surface area contributed by atoms with Crippen molar-refractivity contribution in [1.29, 1.82) is 0 Å². The van der Waals surface area contributed by atoms with Gasteiger partial charge in [-0.15, -0.1) is 0 Å². The molecule has 5 heteroatoms. The molecule has 2 aromatic rings. The van der Waals surface area contributed by atoms with Gasteiger partial charge in [0, 0.05) is 11.6 Å². The number of hydrogen-bond donors (Lipinski definition) is 1. The summed E-state index contributed by atoms with van der Waals surface area (Å²) in [5.41, 5.74) is 0.834. The number of unbranched alkanes of at least 4 members (excludes halogenated alkanes) is 1. The molecule has 1 heterocycles. The highest BCUT2D eigenvalue weighted by atomic mass is 127. The Hall–Kier alpha value is -0.200. The van der Waals surface area contributed by atoms with Gasteiger partial charge in [-0.25, -0.2) is 0 Å². The second-order valence-electron chi connectivity index (χ2n) is 3.85. The lowest BCUT2D eigenvalue weighted by molar-refractivity contribution is 0.311. The van der Waals surface area contributed by atoms with E-state index in [4.69, 9.17) is 16.3 Å². The van der Waals surface area contributed by atoms with Crippen molar-refractivity contribution in [2.24, 2.45) is 0 Å². The molecule has 1 aromatic heterocycles. The van der Waals surface area contributed by atoms with Crippen LogP contribution in [-0.2, 0) is 0 Å². The second-order valence-corrected chi connectivity index (χ2v) is 5.86. The van der Waals surface area contributed by atoms with Crippen LogP contribution in [-0.4, -0.2) is 17.3 Å². The summed E-state index contributed by atoms with van der Waals surface area (Å²) in [6, 6.07) is 5.76. The molecule has 18 heavy (non-hydrogen) atoms. The Morgan fingerprint density at radius 2 is 2.22 bits per heavy atom. The fraction of sp³-hybridized carbons (Fsp3) is 0.308. The molecule has 0 aliphatic heterocycles. The Labute approximate surface area is 131 Å². The van der Waals surface area contributed by atoms with Crippen molar-refractivity contribution in [3.8, 4) is 5.75 Å². The first kappa shape index (κ1) is 14.2. The summed E-state index contributed by atoms with van der Waals surface area (Å²) >= 11 is 12.6. The maximum atomic E-state index is 6.21. The number of hydrogen-bond acceptors (Lipinski definition) is 3. The first-order valence-corrected chi connectivity index (χ1v) is 7.79. The van der Waals surface area contributed by atoms with Crippen LogP contribution in [0.5, 0.6) is 5.75 Å². The molecule has 0 saturated carbocycles. The van der Waals surface area contributed by atoms with Crippen molar-refractivity contribution in [2.45, 2.75) is 12.8 Å². The third-order valence-corrected chi connectivity index (χ3v) is 3.98. The topological polar surface area (TPSA) is 22.1 Å². The number of ether oxygens (including phenoxy) is 1. The number of nitrogens with zero attached hydrogens (tertiary/aromatic N) is 1. The molecule has 0 radical (unpaired) electrons. The monoisotopic (exact) mass is 393 g/mol. The summed E-state index contributed by atoms with van der Waals surface area (Å²) in [7, 11) is 0. The van der Waals surface area contributed by atoms with Crippen LogP contribution in [0.2, 0.25) is 5.02 Å². The van der Waals surface area contributed by atoms with E-state index in [9.17, 15) is 0 Å². The van der Waals surface area contributed by atoms with Crippen molar-refractivity contribution >= 4 is 57.7 Å². The van der Waals surface area contributed by atoms with Crippen LogP contribution >= 0.6 is 46.8 Å². The Morgan fingerprint density at radius 1 is 1.39 bits per heavy atom. The van der Waals surface area contributed by atoms with Crippen LogP contribution in [0.3, 0.4) is 0 Å². The van der Waals surface area contributed by atoms with Crippen molar-refractivity contribution in [3.63, 3.8) is 0 Å². The molecule has 0 bridgehead atoms. The molecule has 0 spiro atoms. The minimum Gasteiger partial charge on any atom is -0.490 e. The van der Waals surface area contributed by atoms with Crippen LogP contribution in [0.4, 0.5) is 0 Å². The number of rotatable bonds is 5. The minimum absolute atomic E-state index is 0.684. The van der Waals surface area contributed by atoms with Crippen LogP contribution in [0.25, 0.3) is 10.9 Å². The molecule has 0 saturated heterocycles. The summed E-state index contributed by atoms with van der Waals surface area (Å²) in [6.45, 7) is 0.684. The number of pyridine rings is 1. The summed E-state index contributed by atoms with van der Waals surface area (Å²) in [5, 5.41) is 1.65. The lowest BCUT2D eigenvalue weighted by Gasteiger charge is -2.11. The van der Waals surface area contributed by atoms with Crippen molar-refractivity contribution in [3.05, 3.63) is 33.0 Å². The van der Waals surface area contributed by atoms with Gasteiger partial charge in [-0.05, 0) is 59.4 Å². The van der Waals surface area contributed by atoms with E-state index in [2.05, 4.69) is 40.2 Å². The molecular formula is C13H13ClINOS. The number of fused-ring (bicyclic) bond motifs is 1. The number of aromatic nitrogens is 1. The van der Waals surface area contributed by atoms with E-state index in [1.165, 1.54) is 0 Å². The van der Waals surface area contributed by atoms with E-state index < -0.39 is 0 Å². The predicted molar refractivity (Wildman–Crippen MR) is 88.1 cm³/mol. The molecule has 2 rings (SSSR count). The summed E-state index contributed by atoms with van der Waals surface area (Å²) < 4.78 is 6.84. The average Bonchev–Trinajstić information content (AvgIpc) is 2.38. The Kier molecular flexibility index (Phi) is 5.38. The lowest BCUT2D eigenvalue weighted by Crippen LogP contribution is -2.01. The van der Waals surface area contributed by atoms with Gasteiger partial charge in [0.05, 0.1) is 15.2 Å². The number of thiol groups is 1. The molecule has 1 aromatic carbocycles. The zero-order chi connectivity index (χ0) is 13.0. The van der Waals surface area contributed by atoms with Gasteiger partial charge in [0.15, 0.2) is 5.75 Å². The first-order valence-electron chi connectivity index (χ1n) is 5.70. The maximum Gasteiger partial charge on any atom is 0.158 e. The smallest absolute Gasteiger partial charge is 0.158 e. The molecule has 96 valence electrons. The van der Waals surface area contributed by atoms with Gasteiger partial charge >= 0.3 is 0 Å². The normalized spacial score (nSPS) is 10.8. The zero-order valence-corrected chi connectivity index (χ0v) is 13.5. The van der Waals surface area contributed by atoms with Gasteiger partial charge in [-0.2, -0.15) is 12.6 Å². The average molecular weight is 394 g/mol. The largest absolute Gasteiger partial charge is 0.490 e. The van der Waals surface area contributed by atoms with Gasteiger partial charge in [0.2, 0.25) is 0 Å². The molecule has 0 atom stereocenters. The molecule has 0 unspecified atom stereocenters. The molecule has 0 fully saturated rings. The SMILES string of the molecule is SCCCCOc1c(I)cc(Cl)c2cccnc12. The third kappa shape index (κ3) is 3.22. The quantitative estimate of drug-likeness (QED) is 0.456. The van der Waals surface area contributed by atoms with Crippen LogP contribution < -0.4 is 4.74 Å². The molecule has 2 nitrogen and oxygen atoms in total. The minimum atomic E-state index is 0.684. The first-order chi connectivity index (χ1) is 8.74. The van der Waals surface area contributed by atoms with Crippen molar-refractivity contribution in [2.75, 3.05) is 12.4 Å². The van der Waals surface area contributed by atoms with Gasteiger partial charge in [0.1, 0.15) is 5.52 Å². The summed E-state index contributed by atoms with van der Waals surface area (Å²) in [4.78, 5) is 4.37. The fourth-order valence-corrected chi connectivity index (χ4v) is 3.06. The van der Waals surface area contributed by atoms with E-state index in [1.807, 2.05) is 18.2 Å². The number of benzene rings is 1. The van der Waals surface area contributed by atoms with E-state index in [1.54, 1.807) is 6.20 Å². The summed E-state index contributed by atoms with van der Waals surface area (Å²) in [6.07, 6.45) is 3.81.